The predicted octanol–water partition coefficient (Wildman–Crippen LogP) is 2.77. The zero-order valence-corrected chi connectivity index (χ0v) is 17.5. The summed E-state index contributed by atoms with van der Waals surface area (Å²) in [5.41, 5.74) is 2.64. The second kappa shape index (κ2) is 9.98. The van der Waals surface area contributed by atoms with Gasteiger partial charge in [-0.05, 0) is 19.9 Å². The molecule has 0 spiro atoms. The molecule has 0 atom stereocenters. The first kappa shape index (κ1) is 21.4. The number of pyridine rings is 1. The van der Waals surface area contributed by atoms with Crippen LogP contribution in [0.25, 0.3) is 22.3 Å². The molecule has 0 bridgehead atoms. The highest BCUT2D eigenvalue weighted by Gasteiger charge is 2.24. The van der Waals surface area contributed by atoms with Crippen LogP contribution in [0, 0.1) is 0 Å². The molecule has 2 aromatic heterocycles. The highest BCUT2D eigenvalue weighted by atomic mass is 16.5. The number of rotatable bonds is 9. The van der Waals surface area contributed by atoms with Gasteiger partial charge in [-0.25, -0.2) is 9.67 Å². The molecule has 0 N–H and O–H groups in total. The van der Waals surface area contributed by atoms with E-state index in [0.717, 1.165) is 5.56 Å². The van der Waals surface area contributed by atoms with Gasteiger partial charge in [0.05, 0.1) is 36.1 Å². The number of hydrogen-bond acceptors (Lipinski definition) is 6. The van der Waals surface area contributed by atoms with Crippen LogP contribution in [0.3, 0.4) is 0 Å². The Balaban J connectivity index is 2.08. The zero-order valence-electron chi connectivity index (χ0n) is 17.5. The lowest BCUT2D eigenvalue weighted by Crippen LogP contribution is -2.38. The van der Waals surface area contributed by atoms with Gasteiger partial charge in [-0.2, -0.15) is 5.10 Å². The molecule has 0 aliphatic carbocycles. The molecule has 3 rings (SSSR count). The number of benzene rings is 1. The fourth-order valence-electron chi connectivity index (χ4n) is 3.20. The Labute approximate surface area is 175 Å². The van der Waals surface area contributed by atoms with Crippen molar-refractivity contribution in [2.45, 2.75) is 20.4 Å². The topological polar surface area (TPSA) is 86.5 Å². The molecule has 0 aliphatic rings. The van der Waals surface area contributed by atoms with E-state index in [1.807, 2.05) is 37.3 Å². The van der Waals surface area contributed by atoms with Gasteiger partial charge in [0.1, 0.15) is 6.54 Å². The van der Waals surface area contributed by atoms with Crippen LogP contribution in [0.2, 0.25) is 0 Å². The average molecular weight is 410 g/mol. The highest BCUT2D eigenvalue weighted by molar-refractivity contribution is 6.07. The van der Waals surface area contributed by atoms with E-state index < -0.39 is 5.97 Å². The first-order valence-corrected chi connectivity index (χ1v) is 9.94. The number of carbonyl (C=O) groups is 2. The van der Waals surface area contributed by atoms with E-state index in [4.69, 9.17) is 14.5 Å². The number of hydrogen-bond donors (Lipinski definition) is 0. The molecule has 8 heteroatoms. The molecule has 8 nitrogen and oxygen atoms in total. The number of carbonyl (C=O) groups excluding carboxylic acids is 2. The molecule has 1 amide bonds. The Kier molecular flexibility index (Phi) is 7.13. The van der Waals surface area contributed by atoms with Crippen molar-refractivity contribution in [2.24, 2.45) is 0 Å². The molecular weight excluding hydrogens is 384 g/mol. The minimum Gasteiger partial charge on any atom is -0.465 e. The van der Waals surface area contributed by atoms with Crippen LogP contribution in [0.4, 0.5) is 0 Å². The van der Waals surface area contributed by atoms with Crippen molar-refractivity contribution in [3.05, 3.63) is 48.2 Å². The summed E-state index contributed by atoms with van der Waals surface area (Å²) in [4.78, 5) is 31.7. The first-order chi connectivity index (χ1) is 14.6. The Morgan fingerprint density at radius 3 is 2.60 bits per heavy atom. The van der Waals surface area contributed by atoms with Gasteiger partial charge in [0.15, 0.2) is 5.65 Å². The van der Waals surface area contributed by atoms with E-state index in [2.05, 4.69) is 5.10 Å². The highest BCUT2D eigenvalue weighted by Crippen LogP contribution is 2.26. The van der Waals surface area contributed by atoms with E-state index in [0.29, 0.717) is 35.4 Å². The van der Waals surface area contributed by atoms with Crippen LogP contribution >= 0.6 is 0 Å². The summed E-state index contributed by atoms with van der Waals surface area (Å²) in [5, 5.41) is 5.02. The van der Waals surface area contributed by atoms with Crippen LogP contribution in [-0.4, -0.2) is 65.0 Å². The van der Waals surface area contributed by atoms with Gasteiger partial charge in [-0.1, -0.05) is 30.3 Å². The van der Waals surface area contributed by atoms with Crippen molar-refractivity contribution in [1.82, 2.24) is 19.7 Å². The summed E-state index contributed by atoms with van der Waals surface area (Å²) in [6.07, 6.45) is 1.65. The Morgan fingerprint density at radius 1 is 1.17 bits per heavy atom. The number of ether oxygens (including phenoxy) is 2. The van der Waals surface area contributed by atoms with E-state index in [9.17, 15) is 9.59 Å². The second-order valence-electron chi connectivity index (χ2n) is 6.64. The number of esters is 1. The van der Waals surface area contributed by atoms with E-state index in [-0.39, 0.29) is 25.6 Å². The van der Waals surface area contributed by atoms with E-state index in [1.54, 1.807) is 31.0 Å². The van der Waals surface area contributed by atoms with Crippen molar-refractivity contribution in [3.63, 3.8) is 0 Å². The van der Waals surface area contributed by atoms with Gasteiger partial charge in [-0.3, -0.25) is 9.59 Å². The summed E-state index contributed by atoms with van der Waals surface area (Å²) in [7, 11) is 1.55. The fourth-order valence-corrected chi connectivity index (χ4v) is 3.20. The molecule has 0 aliphatic heterocycles. The average Bonchev–Trinajstić information content (AvgIpc) is 3.19. The standard InChI is InChI=1S/C22H26N4O4/c1-4-26-21-18(14-23-26)17(13-19(24-21)16-9-7-6-8-10-16)22(28)25(11-12-29-3)15-20(27)30-5-2/h6-10,13-14H,4-5,11-12,15H2,1-3H3. The third-order valence-corrected chi connectivity index (χ3v) is 4.69. The van der Waals surface area contributed by atoms with Gasteiger partial charge >= 0.3 is 5.97 Å². The van der Waals surface area contributed by atoms with Crippen molar-refractivity contribution >= 4 is 22.9 Å². The third kappa shape index (κ3) is 4.65. The lowest BCUT2D eigenvalue weighted by molar-refractivity contribution is -0.143. The predicted molar refractivity (Wildman–Crippen MR) is 113 cm³/mol. The quantitative estimate of drug-likeness (QED) is 0.504. The Hall–Kier alpha value is -3.26. The molecule has 0 unspecified atom stereocenters. The largest absolute Gasteiger partial charge is 0.465 e. The SMILES string of the molecule is CCOC(=O)CN(CCOC)C(=O)c1cc(-c2ccccc2)nc2c1cnn2CC. The van der Waals surface area contributed by atoms with Gasteiger partial charge in [0.25, 0.3) is 5.91 Å². The molecular formula is C22H26N4O4. The van der Waals surface area contributed by atoms with Crippen molar-refractivity contribution in [3.8, 4) is 11.3 Å². The van der Waals surface area contributed by atoms with Crippen LogP contribution in [0.15, 0.2) is 42.6 Å². The van der Waals surface area contributed by atoms with Gasteiger partial charge in [-0.15, -0.1) is 0 Å². The summed E-state index contributed by atoms with van der Waals surface area (Å²) >= 11 is 0. The van der Waals surface area contributed by atoms with E-state index in [1.165, 1.54) is 4.90 Å². The maximum atomic E-state index is 13.5. The minimum absolute atomic E-state index is 0.150. The molecule has 158 valence electrons. The molecule has 30 heavy (non-hydrogen) atoms. The van der Waals surface area contributed by atoms with Gasteiger partial charge < -0.3 is 14.4 Å². The maximum Gasteiger partial charge on any atom is 0.325 e. The summed E-state index contributed by atoms with van der Waals surface area (Å²) in [5.74, 6) is -0.750. The maximum absolute atomic E-state index is 13.5. The number of methoxy groups -OCH3 is 1. The summed E-state index contributed by atoms with van der Waals surface area (Å²) < 4.78 is 11.9. The smallest absolute Gasteiger partial charge is 0.325 e. The van der Waals surface area contributed by atoms with E-state index >= 15 is 0 Å². The number of aryl methyl sites for hydroxylation is 1. The second-order valence-corrected chi connectivity index (χ2v) is 6.64. The summed E-state index contributed by atoms with van der Waals surface area (Å²) in [6.45, 7) is 5.00. The molecule has 2 heterocycles. The molecule has 0 saturated carbocycles. The number of amides is 1. The number of nitrogens with zero attached hydrogens (tertiary/aromatic N) is 4. The molecule has 0 fully saturated rings. The van der Waals surface area contributed by atoms with Crippen molar-refractivity contribution in [1.29, 1.82) is 0 Å². The van der Waals surface area contributed by atoms with Crippen LogP contribution in [-0.2, 0) is 20.8 Å². The summed E-state index contributed by atoms with van der Waals surface area (Å²) in [6, 6.07) is 11.4. The first-order valence-electron chi connectivity index (χ1n) is 9.94. The van der Waals surface area contributed by atoms with Gasteiger partial charge in [0, 0.05) is 25.8 Å². The zero-order chi connectivity index (χ0) is 21.5. The number of aromatic nitrogens is 3. The molecule has 1 aromatic carbocycles. The van der Waals surface area contributed by atoms with Crippen LogP contribution in [0.5, 0.6) is 0 Å². The molecule has 0 radical (unpaired) electrons. The fraction of sp³-hybridized carbons (Fsp3) is 0.364. The lowest BCUT2D eigenvalue weighted by Gasteiger charge is -2.22. The monoisotopic (exact) mass is 410 g/mol. The van der Waals surface area contributed by atoms with Crippen molar-refractivity contribution < 1.29 is 19.1 Å². The lowest BCUT2D eigenvalue weighted by atomic mass is 10.1. The van der Waals surface area contributed by atoms with Gasteiger partial charge in [0.2, 0.25) is 0 Å². The van der Waals surface area contributed by atoms with Crippen molar-refractivity contribution in [2.75, 3.05) is 33.4 Å². The molecule has 3 aromatic rings. The Morgan fingerprint density at radius 2 is 1.93 bits per heavy atom. The third-order valence-electron chi connectivity index (χ3n) is 4.69. The Bertz CT molecular complexity index is 1020. The van der Waals surface area contributed by atoms with Crippen LogP contribution < -0.4 is 0 Å². The normalized spacial score (nSPS) is 10.9. The minimum atomic E-state index is -0.459. The number of fused-ring (bicyclic) bond motifs is 1. The van der Waals surface area contributed by atoms with Crippen LogP contribution in [0.1, 0.15) is 24.2 Å². The molecule has 0 saturated heterocycles.